The van der Waals surface area contributed by atoms with E-state index in [1.165, 1.54) is 0 Å². The van der Waals surface area contributed by atoms with Crippen LogP contribution in [0.25, 0.3) is 0 Å². The fourth-order valence-corrected chi connectivity index (χ4v) is 1.40. The monoisotopic (exact) mass is 232 g/mol. The predicted molar refractivity (Wildman–Crippen MR) is 63.0 cm³/mol. The van der Waals surface area contributed by atoms with Crippen molar-refractivity contribution in [3.63, 3.8) is 0 Å². The summed E-state index contributed by atoms with van der Waals surface area (Å²) in [6.45, 7) is 1.76. The van der Waals surface area contributed by atoms with Gasteiger partial charge in [0.2, 0.25) is 0 Å². The Hall–Kier alpha value is -2.37. The van der Waals surface area contributed by atoms with E-state index >= 15 is 0 Å². The van der Waals surface area contributed by atoms with Crippen molar-refractivity contribution in [1.82, 2.24) is 10.1 Å². The molecule has 6 nitrogen and oxygen atoms in total. The second-order valence-corrected chi connectivity index (χ2v) is 3.45. The number of amides is 1. The van der Waals surface area contributed by atoms with Gasteiger partial charge in [-0.2, -0.15) is 0 Å². The number of rotatable bonds is 3. The van der Waals surface area contributed by atoms with Crippen molar-refractivity contribution in [1.29, 1.82) is 0 Å². The molecule has 0 aromatic carbocycles. The highest BCUT2D eigenvalue weighted by atomic mass is 16.5. The molecule has 0 fully saturated rings. The molecule has 1 amide bonds. The van der Waals surface area contributed by atoms with Gasteiger partial charge in [-0.05, 0) is 13.0 Å². The highest BCUT2D eigenvalue weighted by Gasteiger charge is 2.12. The van der Waals surface area contributed by atoms with Crippen LogP contribution in [0.5, 0.6) is 0 Å². The Morgan fingerprint density at radius 1 is 1.47 bits per heavy atom. The Kier molecular flexibility index (Phi) is 3.04. The van der Waals surface area contributed by atoms with Gasteiger partial charge in [0.1, 0.15) is 5.76 Å². The number of pyridine rings is 1. The van der Waals surface area contributed by atoms with Crippen LogP contribution >= 0.6 is 0 Å². The molecule has 2 N–H and O–H groups in total. The summed E-state index contributed by atoms with van der Waals surface area (Å²) in [5, 5.41) is 9.24. The van der Waals surface area contributed by atoms with Gasteiger partial charge in [-0.25, -0.2) is 0 Å². The molecule has 2 rings (SSSR count). The van der Waals surface area contributed by atoms with Gasteiger partial charge in [0, 0.05) is 19.3 Å². The minimum absolute atomic E-state index is 0.259. The number of carbonyl (C=O) groups excluding carboxylic acids is 1. The summed E-state index contributed by atoms with van der Waals surface area (Å²) in [5.74, 6) is 0.778. The third-order valence-corrected chi connectivity index (χ3v) is 2.20. The second kappa shape index (κ2) is 4.65. The first kappa shape index (κ1) is 11.1. The van der Waals surface area contributed by atoms with E-state index in [0.717, 1.165) is 0 Å². The number of nitrogens with one attached hydrogen (secondary N) is 2. The van der Waals surface area contributed by atoms with E-state index in [0.29, 0.717) is 22.8 Å². The van der Waals surface area contributed by atoms with Gasteiger partial charge >= 0.3 is 0 Å². The SMILES string of the molecule is CNc1cnccc1C(=O)Nc1cc(C)on1. The van der Waals surface area contributed by atoms with Crippen LogP contribution in [0.4, 0.5) is 11.5 Å². The minimum Gasteiger partial charge on any atom is -0.386 e. The summed E-state index contributed by atoms with van der Waals surface area (Å²) in [5.41, 5.74) is 1.16. The summed E-state index contributed by atoms with van der Waals surface area (Å²) < 4.78 is 4.87. The zero-order chi connectivity index (χ0) is 12.3. The molecule has 0 atom stereocenters. The van der Waals surface area contributed by atoms with Gasteiger partial charge in [0.05, 0.1) is 17.4 Å². The molecule has 0 spiro atoms. The number of nitrogens with zero attached hydrogens (tertiary/aromatic N) is 2. The van der Waals surface area contributed by atoms with E-state index in [1.54, 1.807) is 38.5 Å². The largest absolute Gasteiger partial charge is 0.386 e. The van der Waals surface area contributed by atoms with Crippen LogP contribution in [0.15, 0.2) is 29.0 Å². The molecule has 0 saturated heterocycles. The second-order valence-electron chi connectivity index (χ2n) is 3.45. The Balaban J connectivity index is 2.20. The van der Waals surface area contributed by atoms with Crippen molar-refractivity contribution in [3.8, 4) is 0 Å². The molecule has 0 radical (unpaired) electrons. The third-order valence-electron chi connectivity index (χ3n) is 2.20. The molecule has 0 bridgehead atoms. The number of aryl methyl sites for hydroxylation is 1. The van der Waals surface area contributed by atoms with Gasteiger partial charge < -0.3 is 15.2 Å². The van der Waals surface area contributed by atoms with E-state index in [4.69, 9.17) is 4.52 Å². The number of hydrogen-bond acceptors (Lipinski definition) is 5. The normalized spacial score (nSPS) is 10.0. The lowest BCUT2D eigenvalue weighted by molar-refractivity contribution is 0.102. The van der Waals surface area contributed by atoms with E-state index in [1.807, 2.05) is 0 Å². The van der Waals surface area contributed by atoms with E-state index < -0.39 is 0 Å². The van der Waals surface area contributed by atoms with Crippen LogP contribution in [0, 0.1) is 6.92 Å². The van der Waals surface area contributed by atoms with Crippen molar-refractivity contribution in [2.45, 2.75) is 6.92 Å². The fraction of sp³-hybridized carbons (Fsp3) is 0.182. The molecule has 0 unspecified atom stereocenters. The number of anilines is 2. The Morgan fingerprint density at radius 2 is 2.29 bits per heavy atom. The zero-order valence-corrected chi connectivity index (χ0v) is 9.52. The van der Waals surface area contributed by atoms with Crippen LogP contribution in [0.1, 0.15) is 16.1 Å². The van der Waals surface area contributed by atoms with Gasteiger partial charge in [0.15, 0.2) is 5.82 Å². The first-order chi connectivity index (χ1) is 8.20. The summed E-state index contributed by atoms with van der Waals surface area (Å²) in [6, 6.07) is 3.28. The number of aromatic nitrogens is 2. The quantitative estimate of drug-likeness (QED) is 0.841. The Morgan fingerprint density at radius 3 is 2.94 bits per heavy atom. The molecule has 2 heterocycles. The molecule has 0 aliphatic rings. The molecular formula is C11H12N4O2. The van der Waals surface area contributed by atoms with E-state index in [9.17, 15) is 4.79 Å². The van der Waals surface area contributed by atoms with Gasteiger partial charge in [-0.1, -0.05) is 5.16 Å². The Bertz CT molecular complexity index is 536. The lowest BCUT2D eigenvalue weighted by Gasteiger charge is -2.06. The molecular weight excluding hydrogens is 220 g/mol. The predicted octanol–water partition coefficient (Wildman–Crippen LogP) is 1.67. The lowest BCUT2D eigenvalue weighted by Crippen LogP contribution is -2.14. The lowest BCUT2D eigenvalue weighted by atomic mass is 10.2. The zero-order valence-electron chi connectivity index (χ0n) is 9.52. The molecule has 2 aromatic rings. The average molecular weight is 232 g/mol. The maximum Gasteiger partial charge on any atom is 0.259 e. The van der Waals surface area contributed by atoms with Crippen molar-refractivity contribution in [2.75, 3.05) is 17.7 Å². The fourth-order valence-electron chi connectivity index (χ4n) is 1.40. The molecule has 88 valence electrons. The average Bonchev–Trinajstić information content (AvgIpc) is 2.74. The van der Waals surface area contributed by atoms with Crippen molar-refractivity contribution in [3.05, 3.63) is 35.9 Å². The molecule has 2 aromatic heterocycles. The summed E-state index contributed by atoms with van der Waals surface area (Å²) in [7, 11) is 1.73. The molecule has 0 aliphatic heterocycles. The van der Waals surface area contributed by atoms with Crippen molar-refractivity contribution >= 4 is 17.4 Å². The van der Waals surface area contributed by atoms with Gasteiger partial charge in [-0.3, -0.25) is 9.78 Å². The van der Waals surface area contributed by atoms with E-state index in [-0.39, 0.29) is 5.91 Å². The summed E-state index contributed by atoms with van der Waals surface area (Å²) >= 11 is 0. The first-order valence-electron chi connectivity index (χ1n) is 5.07. The summed E-state index contributed by atoms with van der Waals surface area (Å²) in [4.78, 5) is 15.9. The highest BCUT2D eigenvalue weighted by Crippen LogP contribution is 2.15. The van der Waals surface area contributed by atoms with Crippen LogP contribution in [-0.4, -0.2) is 23.1 Å². The number of hydrogen-bond donors (Lipinski definition) is 2. The molecule has 17 heavy (non-hydrogen) atoms. The number of carbonyl (C=O) groups is 1. The maximum atomic E-state index is 11.9. The maximum absolute atomic E-state index is 11.9. The van der Waals surface area contributed by atoms with Crippen molar-refractivity contribution in [2.24, 2.45) is 0 Å². The van der Waals surface area contributed by atoms with Gasteiger partial charge in [-0.15, -0.1) is 0 Å². The van der Waals surface area contributed by atoms with Crippen LogP contribution in [0.2, 0.25) is 0 Å². The minimum atomic E-state index is -0.259. The van der Waals surface area contributed by atoms with Crippen LogP contribution < -0.4 is 10.6 Å². The first-order valence-corrected chi connectivity index (χ1v) is 5.07. The standard InChI is InChI=1S/C11H12N4O2/c1-7-5-10(15-17-7)14-11(16)8-3-4-13-6-9(8)12-2/h3-6,12H,1-2H3,(H,14,15,16). The third kappa shape index (κ3) is 2.41. The van der Waals surface area contributed by atoms with Crippen LogP contribution in [-0.2, 0) is 0 Å². The van der Waals surface area contributed by atoms with Gasteiger partial charge in [0.25, 0.3) is 5.91 Å². The van der Waals surface area contributed by atoms with Crippen LogP contribution in [0.3, 0.4) is 0 Å². The highest BCUT2D eigenvalue weighted by molar-refractivity contribution is 6.07. The van der Waals surface area contributed by atoms with Crippen molar-refractivity contribution < 1.29 is 9.32 Å². The summed E-state index contributed by atoms with van der Waals surface area (Å²) in [6.07, 6.45) is 3.15. The molecule has 0 saturated carbocycles. The van der Waals surface area contributed by atoms with E-state index in [2.05, 4.69) is 20.8 Å². The Labute approximate surface area is 98.0 Å². The molecule has 0 aliphatic carbocycles. The topological polar surface area (TPSA) is 80.0 Å². The smallest absolute Gasteiger partial charge is 0.259 e. The molecule has 6 heteroatoms.